The second-order valence-electron chi connectivity index (χ2n) is 3.07. The maximum Gasteiger partial charge on any atom is 0.265 e. The van der Waals surface area contributed by atoms with Crippen LogP contribution in [0.25, 0.3) is 0 Å². The molecule has 1 rings (SSSR count). The normalized spacial score (nSPS) is 12.9. The second kappa shape index (κ2) is 4.92. The fourth-order valence-corrected chi connectivity index (χ4v) is 0.937. The number of hydrogen-bond donors (Lipinski definition) is 2. The van der Waals surface area contributed by atoms with E-state index in [2.05, 4.69) is 10.1 Å². The van der Waals surface area contributed by atoms with E-state index in [1.54, 1.807) is 0 Å². The smallest absolute Gasteiger partial charge is 0.265 e. The van der Waals surface area contributed by atoms with Gasteiger partial charge in [0, 0.05) is 20.2 Å². The van der Waals surface area contributed by atoms with E-state index in [0.29, 0.717) is 18.3 Å². The van der Waals surface area contributed by atoms with E-state index in [0.717, 1.165) is 6.54 Å². The molecule has 1 atom stereocenters. The maximum absolute atomic E-state index is 8.68. The van der Waals surface area contributed by atoms with Crippen LogP contribution < -0.4 is 10.6 Å². The van der Waals surface area contributed by atoms with Crippen molar-refractivity contribution >= 4 is 5.95 Å². The van der Waals surface area contributed by atoms with Crippen molar-refractivity contribution in [3.8, 4) is 0 Å². The quantitative estimate of drug-likeness (QED) is 0.690. The number of aliphatic hydroxyl groups excluding tert-OH is 1. The molecule has 0 saturated carbocycles. The van der Waals surface area contributed by atoms with Gasteiger partial charge in [-0.05, 0) is 18.5 Å². The summed E-state index contributed by atoms with van der Waals surface area (Å²) in [5, 5.41) is 12.4. The van der Waals surface area contributed by atoms with Gasteiger partial charge in [-0.15, -0.1) is 0 Å². The summed E-state index contributed by atoms with van der Waals surface area (Å²) in [7, 11) is 1.87. The highest BCUT2D eigenvalue weighted by atomic mass is 16.5. The predicted molar refractivity (Wildman–Crippen MR) is 51.9 cm³/mol. The molecule has 0 saturated heterocycles. The molecule has 0 aliphatic carbocycles. The van der Waals surface area contributed by atoms with E-state index in [-0.39, 0.29) is 12.6 Å². The molecule has 0 bridgehead atoms. The zero-order chi connectivity index (χ0) is 10.6. The van der Waals surface area contributed by atoms with Crippen molar-refractivity contribution in [3.63, 3.8) is 0 Å². The van der Waals surface area contributed by atoms with E-state index in [4.69, 9.17) is 15.4 Å². The monoisotopic (exact) mass is 200 g/mol. The summed E-state index contributed by atoms with van der Waals surface area (Å²) in [4.78, 5) is 5.96. The number of nitrogens with zero attached hydrogens (tertiary/aromatic N) is 3. The predicted octanol–water partition coefficient (Wildman–Crippen LogP) is -0.0921. The Labute approximate surface area is 82.7 Å². The number of anilines is 1. The number of aromatic nitrogens is 2. The Morgan fingerprint density at radius 2 is 2.36 bits per heavy atom. The first-order chi connectivity index (χ1) is 6.69. The van der Waals surface area contributed by atoms with Crippen LogP contribution >= 0.6 is 0 Å². The first kappa shape index (κ1) is 10.9. The van der Waals surface area contributed by atoms with Crippen LogP contribution in [-0.4, -0.2) is 35.4 Å². The van der Waals surface area contributed by atoms with E-state index in [9.17, 15) is 0 Å². The number of hydrogen-bond acceptors (Lipinski definition) is 6. The van der Waals surface area contributed by atoms with Gasteiger partial charge >= 0.3 is 0 Å². The second-order valence-corrected chi connectivity index (χ2v) is 3.07. The summed E-state index contributed by atoms with van der Waals surface area (Å²) >= 11 is 0. The van der Waals surface area contributed by atoms with Crippen molar-refractivity contribution in [1.29, 1.82) is 0 Å². The first-order valence-corrected chi connectivity index (χ1v) is 4.60. The van der Waals surface area contributed by atoms with E-state index >= 15 is 0 Å². The summed E-state index contributed by atoms with van der Waals surface area (Å²) in [6.07, 6.45) is 0.428. The van der Waals surface area contributed by atoms with Crippen molar-refractivity contribution in [1.82, 2.24) is 10.1 Å². The van der Waals surface area contributed by atoms with Gasteiger partial charge in [-0.3, -0.25) is 0 Å². The largest absolute Gasteiger partial charge is 0.396 e. The molecule has 14 heavy (non-hydrogen) atoms. The van der Waals surface area contributed by atoms with Crippen LogP contribution in [0, 0.1) is 0 Å². The molecule has 0 fully saturated rings. The summed E-state index contributed by atoms with van der Waals surface area (Å²) < 4.78 is 4.96. The van der Waals surface area contributed by atoms with Gasteiger partial charge in [-0.1, -0.05) is 0 Å². The highest BCUT2D eigenvalue weighted by Crippen LogP contribution is 2.14. The topological polar surface area (TPSA) is 88.4 Å². The zero-order valence-corrected chi connectivity index (χ0v) is 8.47. The molecule has 0 radical (unpaired) electrons. The molecule has 6 nitrogen and oxygen atoms in total. The number of aliphatic hydroxyl groups is 1. The molecule has 0 aliphatic heterocycles. The van der Waals surface area contributed by atoms with Crippen molar-refractivity contribution in [2.45, 2.75) is 19.4 Å². The highest BCUT2D eigenvalue weighted by molar-refractivity contribution is 5.25. The Hall–Kier alpha value is -1.14. The van der Waals surface area contributed by atoms with Crippen LogP contribution in [0.4, 0.5) is 5.95 Å². The van der Waals surface area contributed by atoms with Crippen LogP contribution in [0.1, 0.15) is 25.3 Å². The number of rotatable bonds is 5. The van der Waals surface area contributed by atoms with Gasteiger partial charge in [0.05, 0.1) is 6.04 Å². The van der Waals surface area contributed by atoms with Gasteiger partial charge in [0.25, 0.3) is 5.95 Å². The third-order valence-electron chi connectivity index (χ3n) is 2.00. The lowest BCUT2D eigenvalue weighted by molar-refractivity contribution is 0.259. The molecular formula is C8H16N4O2. The van der Waals surface area contributed by atoms with Gasteiger partial charge in [-0.25, -0.2) is 0 Å². The maximum atomic E-state index is 8.68. The molecule has 0 spiro atoms. The van der Waals surface area contributed by atoms with Crippen LogP contribution in [0.3, 0.4) is 0 Å². The minimum atomic E-state index is -0.383. The Morgan fingerprint density at radius 3 is 2.93 bits per heavy atom. The summed E-state index contributed by atoms with van der Waals surface area (Å²) in [5.41, 5.74) is 5.69. The Balaban J connectivity index is 2.67. The van der Waals surface area contributed by atoms with Crippen molar-refractivity contribution in [3.05, 3.63) is 5.89 Å². The van der Waals surface area contributed by atoms with Gasteiger partial charge in [0.2, 0.25) is 5.89 Å². The summed E-state index contributed by atoms with van der Waals surface area (Å²) in [6.45, 7) is 2.81. The molecule has 1 heterocycles. The van der Waals surface area contributed by atoms with Crippen LogP contribution in [0.5, 0.6) is 0 Å². The third kappa shape index (κ3) is 2.43. The molecular weight excluding hydrogens is 184 g/mol. The average molecular weight is 200 g/mol. The zero-order valence-electron chi connectivity index (χ0n) is 8.47. The standard InChI is InChI=1S/C8H16N4O2/c1-3-12(2)8-10-7(14-11-8)6(9)4-5-13/h6,13H,3-5,9H2,1-2H3. The molecule has 0 aliphatic rings. The lowest BCUT2D eigenvalue weighted by atomic mass is 10.2. The molecule has 0 aromatic carbocycles. The summed E-state index contributed by atoms with van der Waals surface area (Å²) in [6, 6.07) is -0.383. The van der Waals surface area contributed by atoms with Gasteiger partial charge in [-0.2, -0.15) is 4.98 Å². The fourth-order valence-electron chi connectivity index (χ4n) is 0.937. The van der Waals surface area contributed by atoms with Crippen molar-refractivity contribution < 1.29 is 9.63 Å². The third-order valence-corrected chi connectivity index (χ3v) is 2.00. The minimum Gasteiger partial charge on any atom is -0.396 e. The molecule has 1 unspecified atom stereocenters. The van der Waals surface area contributed by atoms with Gasteiger partial charge in [0.15, 0.2) is 0 Å². The SMILES string of the molecule is CCN(C)c1noc(C(N)CCO)n1. The molecule has 0 amide bonds. The Kier molecular flexibility index (Phi) is 3.84. The van der Waals surface area contributed by atoms with Crippen molar-refractivity contribution in [2.24, 2.45) is 5.73 Å². The van der Waals surface area contributed by atoms with Crippen LogP contribution in [0.2, 0.25) is 0 Å². The van der Waals surface area contributed by atoms with E-state index in [1.165, 1.54) is 0 Å². The molecule has 1 aromatic heterocycles. The average Bonchev–Trinajstić information content (AvgIpc) is 2.66. The number of nitrogens with two attached hydrogens (primary N) is 1. The molecule has 80 valence electrons. The van der Waals surface area contributed by atoms with Crippen LogP contribution in [0.15, 0.2) is 4.52 Å². The Bertz CT molecular complexity index is 276. The fraction of sp³-hybridized carbons (Fsp3) is 0.750. The highest BCUT2D eigenvalue weighted by Gasteiger charge is 2.15. The minimum absolute atomic E-state index is 0.0164. The van der Waals surface area contributed by atoms with Crippen LogP contribution in [-0.2, 0) is 0 Å². The van der Waals surface area contributed by atoms with Gasteiger partial charge in [0.1, 0.15) is 0 Å². The van der Waals surface area contributed by atoms with Crippen molar-refractivity contribution in [2.75, 3.05) is 25.1 Å². The van der Waals surface area contributed by atoms with E-state index < -0.39 is 0 Å². The molecule has 3 N–H and O–H groups in total. The summed E-state index contributed by atoms with van der Waals surface area (Å²) in [5.74, 6) is 0.894. The van der Waals surface area contributed by atoms with Gasteiger partial charge < -0.3 is 20.3 Å². The first-order valence-electron chi connectivity index (χ1n) is 4.60. The Morgan fingerprint density at radius 1 is 1.64 bits per heavy atom. The molecule has 1 aromatic rings. The molecule has 6 heteroatoms. The lowest BCUT2D eigenvalue weighted by Gasteiger charge is -2.09. The lowest BCUT2D eigenvalue weighted by Crippen LogP contribution is -2.18. The van der Waals surface area contributed by atoms with E-state index in [1.807, 2.05) is 18.9 Å².